The van der Waals surface area contributed by atoms with Gasteiger partial charge in [-0.05, 0) is 56.2 Å². The normalized spacial score (nSPS) is 16.8. The summed E-state index contributed by atoms with van der Waals surface area (Å²) in [5.41, 5.74) is 5.53. The van der Waals surface area contributed by atoms with Gasteiger partial charge in [-0.1, -0.05) is 29.8 Å². The Morgan fingerprint density at radius 1 is 1.00 bits per heavy atom. The number of anilines is 2. The number of benzene rings is 2. The van der Waals surface area contributed by atoms with Gasteiger partial charge in [0.15, 0.2) is 0 Å². The first-order chi connectivity index (χ1) is 13.6. The number of carbonyl (C=O) groups excluding carboxylic acids is 1. The first-order valence-corrected chi connectivity index (χ1v) is 9.83. The SMILES string of the molecule is Cc1ccc(NC(=O)N2CCC3(CC2)Nc2ccccc2-n2cccc23)cc1. The van der Waals surface area contributed by atoms with E-state index in [9.17, 15) is 4.79 Å². The maximum Gasteiger partial charge on any atom is 0.321 e. The van der Waals surface area contributed by atoms with Crippen LogP contribution in [-0.2, 0) is 5.54 Å². The number of fused-ring (bicyclic) bond motifs is 4. The zero-order chi connectivity index (χ0) is 19.1. The minimum Gasteiger partial charge on any atom is -0.372 e. The Kier molecular flexibility index (Phi) is 3.90. The molecule has 2 N–H and O–H groups in total. The minimum absolute atomic E-state index is 0.0229. The molecule has 1 spiro atoms. The molecule has 1 fully saturated rings. The van der Waals surface area contributed by atoms with Crippen molar-refractivity contribution in [2.24, 2.45) is 0 Å². The molecular weight excluding hydrogens is 348 g/mol. The number of piperidine rings is 1. The van der Waals surface area contributed by atoms with E-state index < -0.39 is 0 Å². The average Bonchev–Trinajstić information content (AvgIpc) is 3.22. The van der Waals surface area contributed by atoms with Gasteiger partial charge in [0.25, 0.3) is 0 Å². The van der Waals surface area contributed by atoms with Gasteiger partial charge in [-0.25, -0.2) is 4.79 Å². The van der Waals surface area contributed by atoms with Gasteiger partial charge in [-0.2, -0.15) is 0 Å². The van der Waals surface area contributed by atoms with E-state index in [4.69, 9.17) is 0 Å². The van der Waals surface area contributed by atoms with Crippen LogP contribution in [0, 0.1) is 6.92 Å². The van der Waals surface area contributed by atoms with Gasteiger partial charge in [-0.15, -0.1) is 0 Å². The highest BCUT2D eigenvalue weighted by atomic mass is 16.2. The molecule has 142 valence electrons. The van der Waals surface area contributed by atoms with Crippen LogP contribution in [0.25, 0.3) is 5.69 Å². The third-order valence-electron chi connectivity index (χ3n) is 5.98. The Hall–Kier alpha value is -3.21. The molecule has 28 heavy (non-hydrogen) atoms. The molecule has 5 rings (SSSR count). The van der Waals surface area contributed by atoms with Crippen LogP contribution in [0.3, 0.4) is 0 Å². The van der Waals surface area contributed by atoms with E-state index in [-0.39, 0.29) is 11.6 Å². The molecule has 2 aliphatic heterocycles. The number of rotatable bonds is 1. The van der Waals surface area contributed by atoms with E-state index in [1.807, 2.05) is 36.1 Å². The number of hydrogen-bond donors (Lipinski definition) is 2. The van der Waals surface area contributed by atoms with Gasteiger partial charge in [-0.3, -0.25) is 0 Å². The molecule has 0 radical (unpaired) electrons. The second kappa shape index (κ2) is 6.44. The van der Waals surface area contributed by atoms with Crippen LogP contribution in [0.15, 0.2) is 66.9 Å². The number of para-hydroxylation sites is 2. The van der Waals surface area contributed by atoms with E-state index >= 15 is 0 Å². The van der Waals surface area contributed by atoms with Crippen LogP contribution in [0.4, 0.5) is 16.2 Å². The van der Waals surface area contributed by atoms with Crippen molar-refractivity contribution in [3.8, 4) is 5.69 Å². The van der Waals surface area contributed by atoms with Crippen molar-refractivity contribution in [1.82, 2.24) is 9.47 Å². The highest BCUT2D eigenvalue weighted by Crippen LogP contribution is 2.43. The second-order valence-corrected chi connectivity index (χ2v) is 7.77. The predicted molar refractivity (Wildman–Crippen MR) is 112 cm³/mol. The lowest BCUT2D eigenvalue weighted by Crippen LogP contribution is -2.51. The quantitative estimate of drug-likeness (QED) is 0.648. The molecule has 0 atom stereocenters. The van der Waals surface area contributed by atoms with Crippen molar-refractivity contribution in [2.75, 3.05) is 23.7 Å². The molecule has 2 aromatic carbocycles. The van der Waals surface area contributed by atoms with Crippen LogP contribution in [0.1, 0.15) is 24.1 Å². The highest BCUT2D eigenvalue weighted by Gasteiger charge is 2.42. The molecule has 1 saturated heterocycles. The number of amides is 2. The molecule has 0 unspecified atom stereocenters. The molecule has 5 nitrogen and oxygen atoms in total. The summed E-state index contributed by atoms with van der Waals surface area (Å²) in [6.07, 6.45) is 3.90. The molecular formula is C23H24N4O. The zero-order valence-corrected chi connectivity index (χ0v) is 16.0. The topological polar surface area (TPSA) is 49.3 Å². The fourth-order valence-electron chi connectivity index (χ4n) is 4.40. The van der Waals surface area contributed by atoms with Crippen LogP contribution in [0.5, 0.6) is 0 Å². The predicted octanol–water partition coefficient (Wildman–Crippen LogP) is 4.73. The average molecular weight is 372 g/mol. The molecule has 3 aromatic rings. The number of nitrogens with one attached hydrogen (secondary N) is 2. The summed E-state index contributed by atoms with van der Waals surface area (Å²) < 4.78 is 2.29. The van der Waals surface area contributed by atoms with Crippen molar-refractivity contribution in [3.05, 3.63) is 78.1 Å². The molecule has 2 aliphatic rings. The lowest BCUT2D eigenvalue weighted by atomic mass is 9.82. The lowest BCUT2D eigenvalue weighted by Gasteiger charge is -2.46. The summed E-state index contributed by atoms with van der Waals surface area (Å²) in [5.74, 6) is 0. The summed E-state index contributed by atoms with van der Waals surface area (Å²) in [5, 5.41) is 6.81. The van der Waals surface area contributed by atoms with Gasteiger partial charge in [0.05, 0.1) is 16.9 Å². The van der Waals surface area contributed by atoms with E-state index in [2.05, 4.69) is 57.8 Å². The number of carbonyl (C=O) groups is 1. The van der Waals surface area contributed by atoms with Crippen LogP contribution >= 0.6 is 0 Å². The van der Waals surface area contributed by atoms with E-state index in [1.165, 1.54) is 16.9 Å². The van der Waals surface area contributed by atoms with Gasteiger partial charge < -0.3 is 20.1 Å². The van der Waals surface area contributed by atoms with Crippen molar-refractivity contribution in [3.63, 3.8) is 0 Å². The number of aromatic nitrogens is 1. The first kappa shape index (κ1) is 16.9. The third-order valence-corrected chi connectivity index (χ3v) is 5.98. The van der Waals surface area contributed by atoms with Crippen LogP contribution < -0.4 is 10.6 Å². The second-order valence-electron chi connectivity index (χ2n) is 7.77. The first-order valence-electron chi connectivity index (χ1n) is 9.83. The molecule has 0 bridgehead atoms. The Bertz CT molecular complexity index is 1010. The van der Waals surface area contributed by atoms with Crippen molar-refractivity contribution < 1.29 is 4.79 Å². The Morgan fingerprint density at radius 3 is 2.54 bits per heavy atom. The van der Waals surface area contributed by atoms with E-state index in [0.717, 1.165) is 37.3 Å². The monoisotopic (exact) mass is 372 g/mol. The summed E-state index contributed by atoms with van der Waals surface area (Å²) >= 11 is 0. The lowest BCUT2D eigenvalue weighted by molar-refractivity contribution is 0.174. The maximum atomic E-state index is 12.7. The van der Waals surface area contributed by atoms with Crippen molar-refractivity contribution in [2.45, 2.75) is 25.3 Å². The number of nitrogens with zero attached hydrogens (tertiary/aromatic N) is 2. The number of likely N-dealkylation sites (tertiary alicyclic amines) is 1. The van der Waals surface area contributed by atoms with Gasteiger partial charge in [0.1, 0.15) is 0 Å². The smallest absolute Gasteiger partial charge is 0.321 e. The van der Waals surface area contributed by atoms with Crippen molar-refractivity contribution in [1.29, 1.82) is 0 Å². The van der Waals surface area contributed by atoms with Crippen LogP contribution in [0.2, 0.25) is 0 Å². The van der Waals surface area contributed by atoms with Crippen molar-refractivity contribution >= 4 is 17.4 Å². The number of urea groups is 1. The third kappa shape index (κ3) is 2.74. The largest absolute Gasteiger partial charge is 0.372 e. The zero-order valence-electron chi connectivity index (χ0n) is 16.0. The van der Waals surface area contributed by atoms with E-state index in [1.54, 1.807) is 0 Å². The highest BCUT2D eigenvalue weighted by molar-refractivity contribution is 5.89. The molecule has 1 aromatic heterocycles. The van der Waals surface area contributed by atoms with Gasteiger partial charge in [0, 0.05) is 30.7 Å². The molecule has 2 amide bonds. The Morgan fingerprint density at radius 2 is 1.75 bits per heavy atom. The molecule has 3 heterocycles. The molecule has 5 heteroatoms. The number of hydrogen-bond acceptors (Lipinski definition) is 2. The minimum atomic E-state index is -0.126. The van der Waals surface area contributed by atoms with Gasteiger partial charge >= 0.3 is 6.03 Å². The Balaban J connectivity index is 1.33. The summed E-state index contributed by atoms with van der Waals surface area (Å²) in [7, 11) is 0. The summed E-state index contributed by atoms with van der Waals surface area (Å²) in [4.78, 5) is 14.6. The summed E-state index contributed by atoms with van der Waals surface area (Å²) in [6.45, 7) is 3.48. The summed E-state index contributed by atoms with van der Waals surface area (Å²) in [6, 6.07) is 20.6. The standard InChI is InChI=1S/C23H24N4O/c1-17-8-10-18(11-9-17)24-22(28)26-15-12-23(13-16-26)21-7-4-14-27(21)20-6-3-2-5-19(20)25-23/h2-11,14,25H,12-13,15-16H2,1H3,(H,24,28). The Labute approximate surface area is 165 Å². The fourth-order valence-corrected chi connectivity index (χ4v) is 4.40. The number of aryl methyl sites for hydroxylation is 1. The van der Waals surface area contributed by atoms with Gasteiger partial charge in [0.2, 0.25) is 0 Å². The molecule has 0 saturated carbocycles. The van der Waals surface area contributed by atoms with E-state index in [0.29, 0.717) is 0 Å². The van der Waals surface area contributed by atoms with Crippen LogP contribution in [-0.4, -0.2) is 28.6 Å². The fraction of sp³-hybridized carbons (Fsp3) is 0.261. The molecule has 0 aliphatic carbocycles. The maximum absolute atomic E-state index is 12.7.